The number of hydrogen-bond acceptors (Lipinski definition) is 4. The Hall–Kier alpha value is -2.89. The summed E-state index contributed by atoms with van der Waals surface area (Å²) in [6.07, 6.45) is 5.51. The predicted octanol–water partition coefficient (Wildman–Crippen LogP) is 4.18. The van der Waals surface area contributed by atoms with E-state index in [2.05, 4.69) is 0 Å². The van der Waals surface area contributed by atoms with E-state index in [4.69, 9.17) is 4.42 Å². The number of benzene rings is 1. The van der Waals surface area contributed by atoms with Gasteiger partial charge in [0.1, 0.15) is 11.6 Å². The summed E-state index contributed by atoms with van der Waals surface area (Å²) in [4.78, 5) is 26.8. The third kappa shape index (κ3) is 3.59. The van der Waals surface area contributed by atoms with Gasteiger partial charge in [-0.05, 0) is 42.7 Å². The number of rotatable bonds is 5. The largest absolute Gasteiger partial charge is 0.503 e. The number of nitrogens with zero attached hydrogens (tertiary/aromatic N) is 1. The smallest absolute Gasteiger partial charge is 0.289 e. The molecule has 28 heavy (non-hydrogen) atoms. The molecule has 0 radical (unpaired) electrons. The second-order valence-corrected chi connectivity index (χ2v) is 7.45. The van der Waals surface area contributed by atoms with Crippen molar-refractivity contribution in [3.05, 3.63) is 70.6 Å². The van der Waals surface area contributed by atoms with Crippen molar-refractivity contribution in [2.75, 3.05) is 6.54 Å². The summed E-state index contributed by atoms with van der Waals surface area (Å²) in [5.41, 5.74) is 0.953. The van der Waals surface area contributed by atoms with Gasteiger partial charge in [0.15, 0.2) is 11.5 Å². The molecule has 4 rings (SSSR count). The molecule has 1 saturated carbocycles. The van der Waals surface area contributed by atoms with E-state index < -0.39 is 17.4 Å². The van der Waals surface area contributed by atoms with Crippen LogP contribution in [0.1, 0.15) is 54.0 Å². The fraction of sp³-hybridized carbons (Fsp3) is 0.364. The molecule has 146 valence electrons. The second-order valence-electron chi connectivity index (χ2n) is 7.45. The lowest BCUT2D eigenvalue weighted by Gasteiger charge is -2.30. The summed E-state index contributed by atoms with van der Waals surface area (Å²) in [6, 6.07) is 9.38. The number of aliphatic hydroxyl groups is 1. The van der Waals surface area contributed by atoms with Crippen molar-refractivity contribution in [3.63, 3.8) is 0 Å². The van der Waals surface area contributed by atoms with Crippen LogP contribution in [0, 0.1) is 5.82 Å². The Morgan fingerprint density at radius 1 is 1.11 bits per heavy atom. The number of aliphatic hydroxyl groups excluding tert-OH is 1. The van der Waals surface area contributed by atoms with Crippen LogP contribution in [0.15, 0.2) is 52.1 Å². The number of hydrogen-bond donors (Lipinski definition) is 1. The number of amides is 1. The molecule has 2 aliphatic rings. The Labute approximate surface area is 162 Å². The van der Waals surface area contributed by atoms with Crippen LogP contribution >= 0.6 is 0 Å². The van der Waals surface area contributed by atoms with Gasteiger partial charge in [0.2, 0.25) is 5.78 Å². The molecule has 1 N–H and O–H groups in total. The zero-order valence-electron chi connectivity index (χ0n) is 15.5. The first-order chi connectivity index (χ1) is 13.5. The molecule has 1 aromatic heterocycles. The fourth-order valence-corrected chi connectivity index (χ4v) is 4.00. The van der Waals surface area contributed by atoms with Crippen LogP contribution in [0.3, 0.4) is 0 Å². The molecule has 1 amide bonds. The van der Waals surface area contributed by atoms with Gasteiger partial charge in [0.25, 0.3) is 5.91 Å². The highest BCUT2D eigenvalue weighted by atomic mass is 19.1. The third-order valence-corrected chi connectivity index (χ3v) is 5.54. The normalized spacial score (nSPS) is 18.2. The van der Waals surface area contributed by atoms with Gasteiger partial charge in [0.05, 0.1) is 12.1 Å². The number of halogens is 1. The second kappa shape index (κ2) is 7.62. The summed E-state index contributed by atoms with van der Waals surface area (Å²) >= 11 is 0. The molecule has 1 fully saturated rings. The Balaban J connectivity index is 1.47. The highest BCUT2D eigenvalue weighted by Gasteiger charge is 2.39. The molecular weight excluding hydrogens is 361 g/mol. The SMILES string of the molecule is O=C(C1=C(O)C(=O)N(C2CCCCC2)C1)c1ccc(Cc2ccc(F)cc2)o1. The average Bonchev–Trinajstić information content (AvgIpc) is 3.29. The van der Waals surface area contributed by atoms with E-state index >= 15 is 0 Å². The molecular formula is C22H22FNO4. The Morgan fingerprint density at radius 2 is 1.82 bits per heavy atom. The summed E-state index contributed by atoms with van der Waals surface area (Å²) in [6.45, 7) is 0.127. The van der Waals surface area contributed by atoms with E-state index in [0.29, 0.717) is 12.2 Å². The Bertz CT molecular complexity index is 922. The van der Waals surface area contributed by atoms with Crippen LogP contribution < -0.4 is 0 Å². The molecule has 0 saturated heterocycles. The first kappa shape index (κ1) is 18.5. The van der Waals surface area contributed by atoms with E-state index in [0.717, 1.165) is 37.7 Å². The van der Waals surface area contributed by atoms with Crippen LogP contribution in [-0.4, -0.2) is 34.3 Å². The molecule has 5 nitrogen and oxygen atoms in total. The lowest BCUT2D eigenvalue weighted by Crippen LogP contribution is -2.39. The monoisotopic (exact) mass is 383 g/mol. The maximum atomic E-state index is 13.0. The number of furan rings is 1. The molecule has 1 aromatic carbocycles. The molecule has 1 aliphatic carbocycles. The molecule has 0 spiro atoms. The summed E-state index contributed by atoms with van der Waals surface area (Å²) in [7, 11) is 0. The van der Waals surface area contributed by atoms with E-state index in [9.17, 15) is 19.1 Å². The minimum absolute atomic E-state index is 0.0827. The van der Waals surface area contributed by atoms with E-state index in [-0.39, 0.29) is 29.7 Å². The molecule has 0 atom stereocenters. The van der Waals surface area contributed by atoms with Gasteiger partial charge < -0.3 is 14.4 Å². The molecule has 1 aliphatic heterocycles. The topological polar surface area (TPSA) is 70.8 Å². The third-order valence-electron chi connectivity index (χ3n) is 5.54. The maximum absolute atomic E-state index is 13.0. The van der Waals surface area contributed by atoms with Crippen LogP contribution in [-0.2, 0) is 11.2 Å². The van der Waals surface area contributed by atoms with Crippen molar-refractivity contribution >= 4 is 11.7 Å². The lowest BCUT2D eigenvalue weighted by molar-refractivity contribution is -0.130. The van der Waals surface area contributed by atoms with E-state index in [1.165, 1.54) is 12.1 Å². The summed E-state index contributed by atoms with van der Waals surface area (Å²) in [5.74, 6) is -1.05. The summed E-state index contributed by atoms with van der Waals surface area (Å²) in [5, 5.41) is 10.2. The van der Waals surface area contributed by atoms with Gasteiger partial charge >= 0.3 is 0 Å². The number of Topliss-reactive ketones (excluding diaryl/α,β-unsaturated/α-hetero) is 1. The summed E-state index contributed by atoms with van der Waals surface area (Å²) < 4.78 is 18.7. The first-order valence-corrected chi connectivity index (χ1v) is 9.64. The highest BCUT2D eigenvalue weighted by molar-refractivity contribution is 6.14. The number of carbonyl (C=O) groups is 2. The zero-order chi connectivity index (χ0) is 19.7. The Morgan fingerprint density at radius 3 is 2.54 bits per heavy atom. The number of ketones is 1. The molecule has 0 unspecified atom stereocenters. The zero-order valence-corrected chi connectivity index (χ0v) is 15.5. The fourth-order valence-electron chi connectivity index (χ4n) is 4.00. The van der Waals surface area contributed by atoms with Gasteiger partial charge in [-0.3, -0.25) is 9.59 Å². The first-order valence-electron chi connectivity index (χ1n) is 9.64. The maximum Gasteiger partial charge on any atom is 0.289 e. The van der Waals surface area contributed by atoms with Gasteiger partial charge in [-0.1, -0.05) is 31.4 Å². The number of carbonyl (C=O) groups excluding carboxylic acids is 2. The minimum atomic E-state index is -0.466. The van der Waals surface area contributed by atoms with Gasteiger partial charge in [-0.25, -0.2) is 4.39 Å². The van der Waals surface area contributed by atoms with E-state index in [1.54, 1.807) is 29.2 Å². The standard InChI is InChI=1S/C22H22FNO4/c23-15-8-6-14(7-9-15)12-17-10-11-19(28-17)20(25)18-13-24(22(27)21(18)26)16-4-2-1-3-5-16/h6-11,16,26H,1-5,12-13H2. The van der Waals surface area contributed by atoms with Crippen molar-refractivity contribution in [1.82, 2.24) is 4.90 Å². The average molecular weight is 383 g/mol. The minimum Gasteiger partial charge on any atom is -0.503 e. The van der Waals surface area contributed by atoms with Crippen LogP contribution in [0.4, 0.5) is 4.39 Å². The molecule has 2 heterocycles. The van der Waals surface area contributed by atoms with Crippen molar-refractivity contribution in [2.24, 2.45) is 0 Å². The van der Waals surface area contributed by atoms with Crippen LogP contribution in [0.25, 0.3) is 0 Å². The molecule has 2 aromatic rings. The molecule has 0 bridgehead atoms. The van der Waals surface area contributed by atoms with Crippen LogP contribution in [0.5, 0.6) is 0 Å². The van der Waals surface area contributed by atoms with Gasteiger partial charge in [-0.2, -0.15) is 0 Å². The van der Waals surface area contributed by atoms with Gasteiger partial charge in [0, 0.05) is 12.5 Å². The Kier molecular flexibility index (Phi) is 5.03. The van der Waals surface area contributed by atoms with Crippen molar-refractivity contribution in [2.45, 2.75) is 44.6 Å². The highest BCUT2D eigenvalue weighted by Crippen LogP contribution is 2.30. The molecule has 6 heteroatoms. The van der Waals surface area contributed by atoms with Crippen molar-refractivity contribution in [1.29, 1.82) is 0 Å². The van der Waals surface area contributed by atoms with Crippen molar-refractivity contribution < 1.29 is 23.5 Å². The van der Waals surface area contributed by atoms with Crippen LogP contribution in [0.2, 0.25) is 0 Å². The van der Waals surface area contributed by atoms with Crippen molar-refractivity contribution in [3.8, 4) is 0 Å². The van der Waals surface area contributed by atoms with Gasteiger partial charge in [-0.15, -0.1) is 0 Å². The lowest BCUT2D eigenvalue weighted by atomic mass is 9.94. The van der Waals surface area contributed by atoms with E-state index in [1.807, 2.05) is 0 Å². The predicted molar refractivity (Wildman–Crippen MR) is 100 cm³/mol. The quantitative estimate of drug-likeness (QED) is 0.787.